The molecular weight excluding hydrogens is 244 g/mol. The summed E-state index contributed by atoms with van der Waals surface area (Å²) in [7, 11) is -0.650. The van der Waals surface area contributed by atoms with Gasteiger partial charge in [-0.05, 0) is 45.2 Å². The molecule has 1 heterocycles. The van der Waals surface area contributed by atoms with Crippen LogP contribution in [0.1, 0.15) is 40.0 Å². The highest BCUT2D eigenvalue weighted by Crippen LogP contribution is 2.20. The summed E-state index contributed by atoms with van der Waals surface area (Å²) in [6, 6.07) is 1.26. The molecule has 0 bridgehead atoms. The van der Waals surface area contributed by atoms with Gasteiger partial charge in [-0.25, -0.2) is 0 Å². The summed E-state index contributed by atoms with van der Waals surface area (Å²) in [5, 5.41) is 3.66. The second kappa shape index (κ2) is 8.28. The number of hydrogen-bond donors (Lipinski definition) is 1. The maximum Gasteiger partial charge on any atom is 0.0246 e. The van der Waals surface area contributed by atoms with Crippen LogP contribution in [0.2, 0.25) is 0 Å². The highest BCUT2D eigenvalue weighted by molar-refractivity contribution is 7.84. The van der Waals surface area contributed by atoms with Crippen LogP contribution in [0, 0.1) is 5.92 Å². The maximum absolute atomic E-state index is 11.1. The van der Waals surface area contributed by atoms with E-state index in [1.54, 1.807) is 6.26 Å². The van der Waals surface area contributed by atoms with E-state index >= 15 is 0 Å². The number of hydrogen-bond acceptors (Lipinski definition) is 3. The maximum atomic E-state index is 11.1. The van der Waals surface area contributed by atoms with Crippen molar-refractivity contribution in [2.24, 2.45) is 5.92 Å². The summed E-state index contributed by atoms with van der Waals surface area (Å²) < 4.78 is 11.1. The summed E-state index contributed by atoms with van der Waals surface area (Å²) in [5.41, 5.74) is 0. The first-order valence-electron chi connectivity index (χ1n) is 7.32. The van der Waals surface area contributed by atoms with Crippen molar-refractivity contribution in [3.63, 3.8) is 0 Å². The van der Waals surface area contributed by atoms with Gasteiger partial charge in [0.25, 0.3) is 0 Å². The van der Waals surface area contributed by atoms with E-state index in [0.717, 1.165) is 24.6 Å². The second-order valence-electron chi connectivity index (χ2n) is 5.74. The molecule has 4 unspecified atom stereocenters. The van der Waals surface area contributed by atoms with Crippen molar-refractivity contribution >= 4 is 10.8 Å². The fraction of sp³-hybridized carbons (Fsp3) is 1.00. The van der Waals surface area contributed by atoms with E-state index < -0.39 is 10.8 Å². The Bertz CT molecular complexity index is 260. The third-order valence-corrected chi connectivity index (χ3v) is 4.85. The minimum Gasteiger partial charge on any atom is -0.314 e. The first-order valence-corrected chi connectivity index (χ1v) is 9.04. The highest BCUT2D eigenvalue weighted by Gasteiger charge is 2.27. The van der Waals surface area contributed by atoms with Gasteiger partial charge in [0.2, 0.25) is 0 Å². The van der Waals surface area contributed by atoms with Gasteiger partial charge in [0, 0.05) is 41.4 Å². The molecule has 1 aliphatic rings. The molecule has 1 saturated heterocycles. The Balaban J connectivity index is 2.32. The van der Waals surface area contributed by atoms with Gasteiger partial charge in [-0.3, -0.25) is 4.21 Å². The predicted molar refractivity (Wildman–Crippen MR) is 80.4 cm³/mol. The third kappa shape index (κ3) is 5.37. The minimum absolute atomic E-state index is 0.573. The molecule has 1 fully saturated rings. The van der Waals surface area contributed by atoms with E-state index in [1.165, 1.54) is 25.9 Å². The standard InChI is InChI=1S/C14H30N2OS/c1-5-8-15-14-6-9-16(11-12(14)2)13(3)7-10-18(4)17/h12-15H,5-11H2,1-4H3. The van der Waals surface area contributed by atoms with E-state index in [0.29, 0.717) is 12.1 Å². The van der Waals surface area contributed by atoms with Crippen molar-refractivity contribution in [1.29, 1.82) is 0 Å². The summed E-state index contributed by atoms with van der Waals surface area (Å²) >= 11 is 0. The van der Waals surface area contributed by atoms with Gasteiger partial charge in [0.1, 0.15) is 0 Å². The lowest BCUT2D eigenvalue weighted by molar-refractivity contribution is 0.109. The van der Waals surface area contributed by atoms with Gasteiger partial charge in [-0.1, -0.05) is 13.8 Å². The van der Waals surface area contributed by atoms with Crippen LogP contribution < -0.4 is 5.32 Å². The molecule has 1 N–H and O–H groups in total. The van der Waals surface area contributed by atoms with Crippen LogP contribution in [-0.4, -0.2) is 52.8 Å². The Morgan fingerprint density at radius 1 is 1.50 bits per heavy atom. The molecule has 4 heteroatoms. The quantitative estimate of drug-likeness (QED) is 0.769. The molecule has 0 aliphatic carbocycles. The van der Waals surface area contributed by atoms with Gasteiger partial charge >= 0.3 is 0 Å². The summed E-state index contributed by atoms with van der Waals surface area (Å²) in [6.45, 7) is 10.4. The van der Waals surface area contributed by atoms with E-state index in [2.05, 4.69) is 31.0 Å². The number of piperidine rings is 1. The first kappa shape index (κ1) is 16.1. The topological polar surface area (TPSA) is 32.3 Å². The molecule has 0 aromatic carbocycles. The fourth-order valence-electron chi connectivity index (χ4n) is 2.73. The molecule has 1 rings (SSSR count). The lowest BCUT2D eigenvalue weighted by atomic mass is 9.92. The monoisotopic (exact) mass is 274 g/mol. The van der Waals surface area contributed by atoms with Crippen LogP contribution in [0.5, 0.6) is 0 Å². The molecule has 18 heavy (non-hydrogen) atoms. The zero-order valence-electron chi connectivity index (χ0n) is 12.4. The fourth-order valence-corrected chi connectivity index (χ4v) is 3.40. The molecule has 0 amide bonds. The number of rotatable bonds is 7. The second-order valence-corrected chi connectivity index (χ2v) is 7.29. The summed E-state index contributed by atoms with van der Waals surface area (Å²) in [5.74, 6) is 1.56. The molecule has 4 atom stereocenters. The third-order valence-electron chi connectivity index (χ3n) is 4.04. The Hall–Kier alpha value is 0.0700. The van der Waals surface area contributed by atoms with Crippen LogP contribution in [0.25, 0.3) is 0 Å². The van der Waals surface area contributed by atoms with Gasteiger partial charge < -0.3 is 10.2 Å². The van der Waals surface area contributed by atoms with Gasteiger partial charge in [0.05, 0.1) is 0 Å². The average Bonchev–Trinajstić information content (AvgIpc) is 2.34. The van der Waals surface area contributed by atoms with Crippen molar-refractivity contribution in [2.45, 2.75) is 52.1 Å². The zero-order valence-corrected chi connectivity index (χ0v) is 13.3. The summed E-state index contributed by atoms with van der Waals surface area (Å²) in [6.07, 6.45) is 5.32. The van der Waals surface area contributed by atoms with Crippen LogP contribution in [0.3, 0.4) is 0 Å². The molecule has 0 radical (unpaired) electrons. The first-order chi connectivity index (χ1) is 8.54. The van der Waals surface area contributed by atoms with Crippen LogP contribution in [-0.2, 0) is 10.8 Å². The molecule has 108 valence electrons. The number of likely N-dealkylation sites (tertiary alicyclic amines) is 1. The van der Waals surface area contributed by atoms with E-state index in [4.69, 9.17) is 0 Å². The van der Waals surface area contributed by atoms with Crippen molar-refractivity contribution < 1.29 is 4.21 Å². The normalized spacial score (nSPS) is 29.1. The molecule has 0 aromatic heterocycles. The molecule has 3 nitrogen and oxygen atoms in total. The minimum atomic E-state index is -0.650. The van der Waals surface area contributed by atoms with Gasteiger partial charge in [-0.15, -0.1) is 0 Å². The van der Waals surface area contributed by atoms with Gasteiger partial charge in [0.15, 0.2) is 0 Å². The largest absolute Gasteiger partial charge is 0.314 e. The molecular formula is C14H30N2OS. The number of nitrogens with one attached hydrogen (secondary N) is 1. The smallest absolute Gasteiger partial charge is 0.0246 e. The molecule has 0 spiro atoms. The SMILES string of the molecule is CCCNC1CCN(C(C)CCS(C)=O)CC1C. The van der Waals surface area contributed by atoms with Crippen molar-refractivity contribution in [1.82, 2.24) is 10.2 Å². The lowest BCUT2D eigenvalue weighted by Crippen LogP contribution is -2.51. The van der Waals surface area contributed by atoms with Gasteiger partial charge in [-0.2, -0.15) is 0 Å². The Morgan fingerprint density at radius 3 is 2.78 bits per heavy atom. The molecule has 0 saturated carbocycles. The van der Waals surface area contributed by atoms with Crippen LogP contribution in [0.4, 0.5) is 0 Å². The van der Waals surface area contributed by atoms with Crippen molar-refractivity contribution in [3.05, 3.63) is 0 Å². The Kier molecular flexibility index (Phi) is 7.42. The molecule has 0 aromatic rings. The molecule has 1 aliphatic heterocycles. The highest BCUT2D eigenvalue weighted by atomic mass is 32.2. The predicted octanol–water partition coefficient (Wildman–Crippen LogP) is 1.85. The Morgan fingerprint density at radius 2 is 2.22 bits per heavy atom. The van der Waals surface area contributed by atoms with Crippen molar-refractivity contribution in [2.75, 3.05) is 31.6 Å². The van der Waals surface area contributed by atoms with Crippen LogP contribution >= 0.6 is 0 Å². The average molecular weight is 274 g/mol. The van der Waals surface area contributed by atoms with Crippen LogP contribution in [0.15, 0.2) is 0 Å². The zero-order chi connectivity index (χ0) is 13.5. The van der Waals surface area contributed by atoms with E-state index in [9.17, 15) is 4.21 Å². The number of nitrogens with zero attached hydrogens (tertiary/aromatic N) is 1. The Labute approximate surface area is 115 Å². The van der Waals surface area contributed by atoms with Crippen molar-refractivity contribution in [3.8, 4) is 0 Å². The lowest BCUT2D eigenvalue weighted by Gasteiger charge is -2.40. The van der Waals surface area contributed by atoms with E-state index in [-0.39, 0.29) is 0 Å². The van der Waals surface area contributed by atoms with E-state index in [1.807, 2.05) is 0 Å². The summed E-state index contributed by atoms with van der Waals surface area (Å²) in [4.78, 5) is 2.57.